The molecule has 1 saturated heterocycles. The highest BCUT2D eigenvalue weighted by atomic mass is 15.2. The Morgan fingerprint density at radius 2 is 1.89 bits per heavy atom. The van der Waals surface area contributed by atoms with E-state index in [0.717, 1.165) is 19.0 Å². The molecular formula is C17H26N2. The van der Waals surface area contributed by atoms with Gasteiger partial charge in [0.25, 0.3) is 0 Å². The van der Waals surface area contributed by atoms with Crippen molar-refractivity contribution < 1.29 is 0 Å². The maximum Gasteiger partial charge on any atom is 0.0261 e. The molecule has 1 aromatic carbocycles. The first kappa shape index (κ1) is 13.1. The number of hydrogen-bond acceptors (Lipinski definition) is 2. The van der Waals surface area contributed by atoms with E-state index in [1.807, 2.05) is 0 Å². The van der Waals surface area contributed by atoms with E-state index in [1.54, 1.807) is 0 Å². The van der Waals surface area contributed by atoms with Crippen LogP contribution in [0.5, 0.6) is 0 Å². The molecule has 0 aromatic heterocycles. The summed E-state index contributed by atoms with van der Waals surface area (Å²) in [4.78, 5) is 2.75. The Bertz CT molecular complexity index is 370. The highest BCUT2D eigenvalue weighted by molar-refractivity contribution is 5.16. The Labute approximate surface area is 117 Å². The van der Waals surface area contributed by atoms with Crippen molar-refractivity contribution in [2.24, 2.45) is 5.92 Å². The second-order valence-corrected chi connectivity index (χ2v) is 6.19. The summed E-state index contributed by atoms with van der Waals surface area (Å²) in [5.74, 6) is 0.969. The molecule has 104 valence electrons. The SMILES string of the molecule is c1ccc(CC2CNCCN2CC2CCCC2)cc1. The fourth-order valence-electron chi connectivity index (χ4n) is 3.66. The van der Waals surface area contributed by atoms with Gasteiger partial charge in [0.05, 0.1) is 0 Å². The van der Waals surface area contributed by atoms with Crippen molar-refractivity contribution in [2.75, 3.05) is 26.2 Å². The van der Waals surface area contributed by atoms with Gasteiger partial charge >= 0.3 is 0 Å². The van der Waals surface area contributed by atoms with E-state index >= 15 is 0 Å². The molecule has 1 N–H and O–H groups in total. The van der Waals surface area contributed by atoms with Crippen molar-refractivity contribution in [1.29, 1.82) is 0 Å². The first-order valence-electron chi connectivity index (χ1n) is 7.90. The fraction of sp³-hybridized carbons (Fsp3) is 0.647. The second-order valence-electron chi connectivity index (χ2n) is 6.19. The van der Waals surface area contributed by atoms with Crippen LogP contribution in [0.2, 0.25) is 0 Å². The molecule has 0 radical (unpaired) electrons. The van der Waals surface area contributed by atoms with Gasteiger partial charge in [0.15, 0.2) is 0 Å². The number of nitrogens with zero attached hydrogens (tertiary/aromatic N) is 1. The molecule has 3 rings (SSSR count). The van der Waals surface area contributed by atoms with Gasteiger partial charge in [-0.25, -0.2) is 0 Å². The summed E-state index contributed by atoms with van der Waals surface area (Å²) in [5.41, 5.74) is 1.48. The van der Waals surface area contributed by atoms with Crippen LogP contribution >= 0.6 is 0 Å². The number of nitrogens with one attached hydrogen (secondary N) is 1. The monoisotopic (exact) mass is 258 g/mol. The molecule has 0 bridgehead atoms. The van der Waals surface area contributed by atoms with E-state index < -0.39 is 0 Å². The van der Waals surface area contributed by atoms with Gasteiger partial charge in [-0.05, 0) is 30.7 Å². The van der Waals surface area contributed by atoms with Crippen molar-refractivity contribution in [3.63, 3.8) is 0 Å². The third-order valence-corrected chi connectivity index (χ3v) is 4.75. The van der Waals surface area contributed by atoms with Crippen molar-refractivity contribution in [2.45, 2.75) is 38.1 Å². The standard InChI is InChI=1S/C17H26N2/c1-2-6-15(7-3-1)12-17-13-18-10-11-19(17)14-16-8-4-5-9-16/h1-3,6-7,16-18H,4-5,8-14H2. The van der Waals surface area contributed by atoms with Gasteiger partial charge in [-0.1, -0.05) is 43.2 Å². The normalized spacial score (nSPS) is 25.8. The third kappa shape index (κ3) is 3.58. The van der Waals surface area contributed by atoms with Gasteiger partial charge in [0, 0.05) is 32.2 Å². The molecule has 1 aliphatic carbocycles. The number of piperazine rings is 1. The molecule has 1 aliphatic heterocycles. The molecule has 1 saturated carbocycles. The first-order valence-corrected chi connectivity index (χ1v) is 7.90. The minimum absolute atomic E-state index is 0.691. The summed E-state index contributed by atoms with van der Waals surface area (Å²) >= 11 is 0. The summed E-state index contributed by atoms with van der Waals surface area (Å²) in [6.45, 7) is 4.88. The van der Waals surface area contributed by atoms with Gasteiger partial charge in [-0.15, -0.1) is 0 Å². The molecule has 19 heavy (non-hydrogen) atoms. The van der Waals surface area contributed by atoms with Crippen LogP contribution in [-0.4, -0.2) is 37.1 Å². The molecule has 0 amide bonds. The molecule has 1 aromatic rings. The lowest BCUT2D eigenvalue weighted by Gasteiger charge is -2.38. The van der Waals surface area contributed by atoms with Crippen LogP contribution in [0, 0.1) is 5.92 Å². The highest BCUT2D eigenvalue weighted by Crippen LogP contribution is 2.26. The van der Waals surface area contributed by atoms with E-state index in [1.165, 1.54) is 50.8 Å². The zero-order valence-electron chi connectivity index (χ0n) is 11.9. The third-order valence-electron chi connectivity index (χ3n) is 4.75. The molecule has 1 atom stereocenters. The predicted molar refractivity (Wildman–Crippen MR) is 80.3 cm³/mol. The molecule has 1 heterocycles. The second kappa shape index (κ2) is 6.53. The minimum atomic E-state index is 0.691. The topological polar surface area (TPSA) is 15.3 Å². The van der Waals surface area contributed by atoms with Crippen LogP contribution in [0.1, 0.15) is 31.2 Å². The lowest BCUT2D eigenvalue weighted by molar-refractivity contribution is 0.137. The van der Waals surface area contributed by atoms with Crippen molar-refractivity contribution in [3.05, 3.63) is 35.9 Å². The molecule has 1 unspecified atom stereocenters. The molecular weight excluding hydrogens is 232 g/mol. The van der Waals surface area contributed by atoms with Crippen LogP contribution in [-0.2, 0) is 6.42 Å². The smallest absolute Gasteiger partial charge is 0.0261 e. The van der Waals surface area contributed by atoms with E-state index in [9.17, 15) is 0 Å². The lowest BCUT2D eigenvalue weighted by atomic mass is 10.00. The Morgan fingerprint density at radius 3 is 2.68 bits per heavy atom. The van der Waals surface area contributed by atoms with E-state index in [2.05, 4.69) is 40.5 Å². The predicted octanol–water partition coefficient (Wildman–Crippen LogP) is 2.69. The zero-order valence-corrected chi connectivity index (χ0v) is 11.9. The number of benzene rings is 1. The summed E-state index contributed by atoms with van der Waals surface area (Å²) in [6, 6.07) is 11.7. The maximum atomic E-state index is 3.57. The number of rotatable bonds is 4. The molecule has 2 fully saturated rings. The molecule has 2 nitrogen and oxygen atoms in total. The summed E-state index contributed by atoms with van der Waals surface area (Å²) in [5, 5.41) is 3.57. The Balaban J connectivity index is 1.60. The average molecular weight is 258 g/mol. The molecule has 2 heteroatoms. The van der Waals surface area contributed by atoms with Crippen LogP contribution in [0.3, 0.4) is 0 Å². The Morgan fingerprint density at radius 1 is 1.11 bits per heavy atom. The van der Waals surface area contributed by atoms with Crippen LogP contribution in [0.15, 0.2) is 30.3 Å². The van der Waals surface area contributed by atoms with E-state index in [4.69, 9.17) is 0 Å². The summed E-state index contributed by atoms with van der Waals surface area (Å²) in [6.07, 6.45) is 7.03. The first-order chi connectivity index (χ1) is 9.42. The van der Waals surface area contributed by atoms with Crippen molar-refractivity contribution in [1.82, 2.24) is 10.2 Å². The molecule has 0 spiro atoms. The minimum Gasteiger partial charge on any atom is -0.314 e. The fourth-order valence-corrected chi connectivity index (χ4v) is 3.66. The van der Waals surface area contributed by atoms with Gasteiger partial charge in [-0.3, -0.25) is 4.90 Å². The lowest BCUT2D eigenvalue weighted by Crippen LogP contribution is -2.53. The van der Waals surface area contributed by atoms with Crippen molar-refractivity contribution >= 4 is 0 Å². The maximum absolute atomic E-state index is 3.57. The zero-order chi connectivity index (χ0) is 12.9. The van der Waals surface area contributed by atoms with Gasteiger partial charge < -0.3 is 5.32 Å². The average Bonchev–Trinajstić information content (AvgIpc) is 2.95. The van der Waals surface area contributed by atoms with Crippen LogP contribution in [0.4, 0.5) is 0 Å². The van der Waals surface area contributed by atoms with Crippen LogP contribution in [0.25, 0.3) is 0 Å². The van der Waals surface area contributed by atoms with Gasteiger partial charge in [0.2, 0.25) is 0 Å². The number of hydrogen-bond donors (Lipinski definition) is 1. The van der Waals surface area contributed by atoms with Gasteiger partial charge in [-0.2, -0.15) is 0 Å². The summed E-state index contributed by atoms with van der Waals surface area (Å²) in [7, 11) is 0. The van der Waals surface area contributed by atoms with E-state index in [-0.39, 0.29) is 0 Å². The largest absolute Gasteiger partial charge is 0.314 e. The Kier molecular flexibility index (Phi) is 4.52. The molecule has 2 aliphatic rings. The quantitative estimate of drug-likeness (QED) is 0.893. The Hall–Kier alpha value is -0.860. The van der Waals surface area contributed by atoms with Gasteiger partial charge in [0.1, 0.15) is 0 Å². The van der Waals surface area contributed by atoms with E-state index in [0.29, 0.717) is 6.04 Å². The van der Waals surface area contributed by atoms with Crippen molar-refractivity contribution in [3.8, 4) is 0 Å². The van der Waals surface area contributed by atoms with Crippen LogP contribution < -0.4 is 5.32 Å². The highest BCUT2D eigenvalue weighted by Gasteiger charge is 2.26. The summed E-state index contributed by atoms with van der Waals surface area (Å²) < 4.78 is 0.